The predicted octanol–water partition coefficient (Wildman–Crippen LogP) is 5.29. The first-order chi connectivity index (χ1) is 18.0. The molecule has 0 atom stereocenters. The van der Waals surface area contributed by atoms with E-state index >= 15 is 4.39 Å². The number of ether oxygens (including phenoxy) is 1. The standard InChI is InChI=1S/C30H29FN2O4/c31-26-18-24-27(19-28(26)32-14-16-37-17-15-32)33(20-25(29(24)34)30(35)36)13-7-12-23(21-8-3-1-4-9-21)22-10-5-2-6-11-22/h1-6,8-11,18-20,23H,7,12-17H2,(H,35,36). The number of rotatable bonds is 8. The molecule has 1 fully saturated rings. The summed E-state index contributed by atoms with van der Waals surface area (Å²) in [5.74, 6) is -1.67. The number of hydrogen-bond donors (Lipinski definition) is 1. The molecule has 6 nitrogen and oxygen atoms in total. The van der Waals surface area contributed by atoms with Crippen LogP contribution in [-0.4, -0.2) is 41.9 Å². The number of nitrogens with zero attached hydrogens (tertiary/aromatic N) is 2. The molecule has 37 heavy (non-hydrogen) atoms. The maximum absolute atomic E-state index is 15.1. The zero-order valence-electron chi connectivity index (χ0n) is 20.5. The average molecular weight is 501 g/mol. The van der Waals surface area contributed by atoms with E-state index in [2.05, 4.69) is 24.3 Å². The number of hydrogen-bond acceptors (Lipinski definition) is 4. The van der Waals surface area contributed by atoms with Crippen molar-refractivity contribution in [2.24, 2.45) is 0 Å². The molecule has 0 bridgehead atoms. The van der Waals surface area contributed by atoms with Gasteiger partial charge < -0.3 is 19.3 Å². The minimum Gasteiger partial charge on any atom is -0.477 e. The highest BCUT2D eigenvalue weighted by atomic mass is 19.1. The summed E-state index contributed by atoms with van der Waals surface area (Å²) < 4.78 is 22.3. The maximum Gasteiger partial charge on any atom is 0.341 e. The van der Waals surface area contributed by atoms with Crippen LogP contribution in [0.2, 0.25) is 0 Å². The van der Waals surface area contributed by atoms with Crippen LogP contribution in [0.3, 0.4) is 0 Å². The highest BCUT2D eigenvalue weighted by molar-refractivity contribution is 5.93. The van der Waals surface area contributed by atoms with Crippen LogP contribution in [0, 0.1) is 5.82 Å². The van der Waals surface area contributed by atoms with E-state index in [1.165, 1.54) is 23.4 Å². The number of pyridine rings is 1. The molecule has 0 spiro atoms. The molecular weight excluding hydrogens is 471 g/mol. The molecule has 3 aromatic carbocycles. The fourth-order valence-corrected chi connectivity index (χ4v) is 5.15. The van der Waals surface area contributed by atoms with Gasteiger partial charge in [0.2, 0.25) is 5.43 Å². The Morgan fingerprint density at radius 1 is 0.973 bits per heavy atom. The lowest BCUT2D eigenvalue weighted by molar-refractivity contribution is 0.0694. The fraction of sp³-hybridized carbons (Fsp3) is 0.267. The van der Waals surface area contributed by atoms with Gasteiger partial charge in [0.05, 0.1) is 24.4 Å². The molecule has 1 aliphatic rings. The van der Waals surface area contributed by atoms with E-state index in [4.69, 9.17) is 4.74 Å². The van der Waals surface area contributed by atoms with E-state index in [1.54, 1.807) is 10.6 Å². The Labute approximate surface area is 214 Å². The first-order valence-electron chi connectivity index (χ1n) is 12.6. The Bertz CT molecular complexity index is 1410. The third-order valence-electron chi connectivity index (χ3n) is 7.03. The minimum absolute atomic E-state index is 0.0806. The monoisotopic (exact) mass is 500 g/mol. The molecule has 1 aromatic heterocycles. The molecule has 1 saturated heterocycles. The van der Waals surface area contributed by atoms with Crippen LogP contribution in [0.25, 0.3) is 10.9 Å². The van der Waals surface area contributed by atoms with E-state index in [-0.39, 0.29) is 16.9 Å². The first kappa shape index (κ1) is 24.7. The van der Waals surface area contributed by atoms with Crippen molar-refractivity contribution in [1.82, 2.24) is 4.57 Å². The molecule has 0 unspecified atom stereocenters. The summed E-state index contributed by atoms with van der Waals surface area (Å²) in [4.78, 5) is 26.7. The number of aryl methyl sites for hydroxylation is 1. The number of carbonyl (C=O) groups is 1. The molecule has 0 saturated carbocycles. The number of halogens is 1. The van der Waals surface area contributed by atoms with E-state index in [0.717, 1.165) is 12.8 Å². The Balaban J connectivity index is 1.50. The second-order valence-electron chi connectivity index (χ2n) is 9.31. The van der Waals surface area contributed by atoms with Crippen molar-refractivity contribution in [3.63, 3.8) is 0 Å². The Morgan fingerprint density at radius 3 is 2.19 bits per heavy atom. The van der Waals surface area contributed by atoms with Crippen LogP contribution in [0.4, 0.5) is 10.1 Å². The SMILES string of the molecule is O=C(O)c1cn(CCCC(c2ccccc2)c2ccccc2)c2cc(N3CCOCC3)c(F)cc2c1=O. The normalized spacial score (nSPS) is 13.8. The van der Waals surface area contributed by atoms with Crippen molar-refractivity contribution >= 4 is 22.6 Å². The molecule has 190 valence electrons. The largest absolute Gasteiger partial charge is 0.477 e. The molecule has 0 radical (unpaired) electrons. The fourth-order valence-electron chi connectivity index (χ4n) is 5.15. The molecule has 2 heterocycles. The number of aromatic nitrogens is 1. The smallest absolute Gasteiger partial charge is 0.341 e. The van der Waals surface area contributed by atoms with Crippen molar-refractivity contribution in [3.05, 3.63) is 112 Å². The van der Waals surface area contributed by atoms with Crippen molar-refractivity contribution < 1.29 is 19.0 Å². The molecule has 0 amide bonds. The van der Waals surface area contributed by atoms with Gasteiger partial charge in [0.15, 0.2) is 0 Å². The lowest BCUT2D eigenvalue weighted by Gasteiger charge is -2.29. The number of carboxylic acids is 1. The van der Waals surface area contributed by atoms with Gasteiger partial charge in [-0.1, -0.05) is 60.7 Å². The van der Waals surface area contributed by atoms with Gasteiger partial charge >= 0.3 is 5.97 Å². The number of fused-ring (bicyclic) bond motifs is 1. The summed E-state index contributed by atoms with van der Waals surface area (Å²) in [5.41, 5.74) is 2.33. The molecule has 1 aliphatic heterocycles. The number of carboxylic acid groups (broad SMARTS) is 1. The lowest BCUT2D eigenvalue weighted by atomic mass is 9.87. The Morgan fingerprint density at radius 2 is 1.59 bits per heavy atom. The van der Waals surface area contributed by atoms with Crippen molar-refractivity contribution in [2.45, 2.75) is 25.3 Å². The quantitative estimate of drug-likeness (QED) is 0.356. The topological polar surface area (TPSA) is 71.8 Å². The zero-order valence-corrected chi connectivity index (χ0v) is 20.5. The maximum atomic E-state index is 15.1. The third-order valence-corrected chi connectivity index (χ3v) is 7.03. The lowest BCUT2D eigenvalue weighted by Crippen LogP contribution is -2.36. The van der Waals surface area contributed by atoms with Crippen molar-refractivity contribution in [3.8, 4) is 0 Å². The molecule has 7 heteroatoms. The molecule has 1 N–H and O–H groups in total. The summed E-state index contributed by atoms with van der Waals surface area (Å²) in [6.45, 7) is 2.60. The average Bonchev–Trinajstić information content (AvgIpc) is 2.93. The van der Waals surface area contributed by atoms with Gasteiger partial charge in [-0.15, -0.1) is 0 Å². The van der Waals surface area contributed by atoms with Gasteiger partial charge in [0.25, 0.3) is 0 Å². The van der Waals surface area contributed by atoms with Gasteiger partial charge in [-0.05, 0) is 36.1 Å². The van der Waals surface area contributed by atoms with Crippen LogP contribution in [0.5, 0.6) is 0 Å². The van der Waals surface area contributed by atoms with Crippen molar-refractivity contribution in [2.75, 3.05) is 31.2 Å². The predicted molar refractivity (Wildman–Crippen MR) is 142 cm³/mol. The molecular formula is C30H29FN2O4. The van der Waals surface area contributed by atoms with E-state index < -0.39 is 17.2 Å². The second kappa shape index (κ2) is 11.0. The van der Waals surface area contributed by atoms with Gasteiger partial charge in [-0.25, -0.2) is 9.18 Å². The van der Waals surface area contributed by atoms with E-state index in [9.17, 15) is 14.7 Å². The highest BCUT2D eigenvalue weighted by Gasteiger charge is 2.21. The summed E-state index contributed by atoms with van der Waals surface area (Å²) in [6.07, 6.45) is 2.95. The van der Waals surface area contributed by atoms with E-state index in [1.807, 2.05) is 41.3 Å². The van der Waals surface area contributed by atoms with Crippen LogP contribution >= 0.6 is 0 Å². The minimum atomic E-state index is -1.32. The van der Waals surface area contributed by atoms with Gasteiger partial charge in [0.1, 0.15) is 11.4 Å². The molecule has 5 rings (SSSR count). The second-order valence-corrected chi connectivity index (χ2v) is 9.31. The molecule has 4 aromatic rings. The number of aromatic carboxylic acids is 1. The van der Waals surface area contributed by atoms with Crippen LogP contribution in [0.1, 0.15) is 40.2 Å². The summed E-state index contributed by atoms with van der Waals surface area (Å²) in [6, 6.07) is 23.4. The first-order valence-corrected chi connectivity index (χ1v) is 12.6. The number of anilines is 1. The van der Waals surface area contributed by atoms with Gasteiger partial charge in [-0.2, -0.15) is 0 Å². The number of benzene rings is 3. The third kappa shape index (κ3) is 5.27. The Hall–Kier alpha value is -3.97. The van der Waals surface area contributed by atoms with Crippen LogP contribution in [-0.2, 0) is 11.3 Å². The van der Waals surface area contributed by atoms with Gasteiger partial charge in [-0.3, -0.25) is 4.79 Å². The number of morpholine rings is 1. The summed E-state index contributed by atoms with van der Waals surface area (Å²) >= 11 is 0. The van der Waals surface area contributed by atoms with Crippen LogP contribution in [0.15, 0.2) is 83.8 Å². The van der Waals surface area contributed by atoms with Gasteiger partial charge in [0, 0.05) is 37.1 Å². The summed E-state index contributed by atoms with van der Waals surface area (Å²) in [5, 5.41) is 9.74. The zero-order chi connectivity index (χ0) is 25.8. The van der Waals surface area contributed by atoms with Crippen molar-refractivity contribution in [1.29, 1.82) is 0 Å². The summed E-state index contributed by atoms with van der Waals surface area (Å²) in [7, 11) is 0. The Kier molecular flexibility index (Phi) is 7.32. The van der Waals surface area contributed by atoms with Crippen LogP contribution < -0.4 is 10.3 Å². The molecule has 0 aliphatic carbocycles. The van der Waals surface area contributed by atoms with E-state index in [0.29, 0.717) is 44.1 Å². The highest BCUT2D eigenvalue weighted by Crippen LogP contribution is 2.30.